The van der Waals surface area contributed by atoms with Crippen LogP contribution in [-0.4, -0.2) is 34.0 Å². The molecular weight excluding hydrogens is 328 g/mol. The largest absolute Gasteiger partial charge is 0.336 e. The van der Waals surface area contributed by atoms with Gasteiger partial charge in [-0.1, -0.05) is 6.07 Å². The van der Waals surface area contributed by atoms with Crippen molar-refractivity contribution < 1.29 is 9.59 Å². The van der Waals surface area contributed by atoms with Crippen LogP contribution in [0.4, 0.5) is 5.69 Å². The zero-order chi connectivity index (χ0) is 18.3. The maximum absolute atomic E-state index is 12.8. The molecule has 0 saturated heterocycles. The topological polar surface area (TPSA) is 78.1 Å². The van der Waals surface area contributed by atoms with Gasteiger partial charge in [0.05, 0.1) is 12.2 Å². The number of aromatic amines is 1. The summed E-state index contributed by atoms with van der Waals surface area (Å²) in [5.74, 6) is 0.123. The number of aromatic nitrogens is 2. The molecule has 2 aliphatic rings. The predicted molar refractivity (Wildman–Crippen MR) is 98.9 cm³/mol. The summed E-state index contributed by atoms with van der Waals surface area (Å²) >= 11 is 0. The fourth-order valence-corrected chi connectivity index (χ4v) is 3.51. The quantitative estimate of drug-likeness (QED) is 0.868. The number of carbonyl (C=O) groups is 2. The van der Waals surface area contributed by atoms with E-state index in [0.29, 0.717) is 12.1 Å². The second kappa shape index (κ2) is 6.59. The van der Waals surface area contributed by atoms with E-state index in [0.717, 1.165) is 49.0 Å². The molecule has 2 amide bonds. The number of H-pyrrole nitrogens is 1. The van der Waals surface area contributed by atoms with Crippen LogP contribution in [0.3, 0.4) is 0 Å². The van der Waals surface area contributed by atoms with Gasteiger partial charge in [-0.25, -0.2) is 0 Å². The Morgan fingerprint density at radius 1 is 1.31 bits per heavy atom. The molecule has 1 aromatic heterocycles. The number of nitrogens with one attached hydrogen (secondary N) is 2. The summed E-state index contributed by atoms with van der Waals surface area (Å²) in [7, 11) is 1.79. The van der Waals surface area contributed by atoms with Gasteiger partial charge in [-0.05, 0) is 62.3 Å². The number of nitrogens with zero attached hydrogens (tertiary/aromatic N) is 2. The van der Waals surface area contributed by atoms with Crippen molar-refractivity contribution >= 4 is 17.5 Å². The number of aryl methyl sites for hydroxylation is 2. The summed E-state index contributed by atoms with van der Waals surface area (Å²) in [6.07, 6.45) is 5.14. The van der Waals surface area contributed by atoms with Crippen LogP contribution in [-0.2, 0) is 24.2 Å². The van der Waals surface area contributed by atoms with Gasteiger partial charge >= 0.3 is 0 Å². The minimum Gasteiger partial charge on any atom is -0.336 e. The van der Waals surface area contributed by atoms with Crippen LogP contribution >= 0.6 is 0 Å². The number of amides is 2. The van der Waals surface area contributed by atoms with Crippen LogP contribution in [0, 0.1) is 12.8 Å². The Kier molecular flexibility index (Phi) is 4.26. The Bertz CT molecular complexity index is 867. The van der Waals surface area contributed by atoms with E-state index < -0.39 is 0 Å². The molecule has 2 aliphatic carbocycles. The minimum absolute atomic E-state index is 0.0538. The number of rotatable bonds is 5. The molecule has 4 rings (SSSR count). The highest BCUT2D eigenvalue weighted by Gasteiger charge is 2.30. The standard InChI is InChI=1S/C20H24N4O2/c1-12-6-7-14(10-17(12)21-19(25)13-8-9-13)20(26)24(2)11-18-15-4-3-5-16(15)22-23-18/h6-7,10,13H,3-5,8-9,11H2,1-2H3,(H,21,25)(H,22,23). The monoisotopic (exact) mass is 352 g/mol. The number of benzene rings is 1. The average Bonchev–Trinajstić information content (AvgIpc) is 3.26. The first-order valence-corrected chi connectivity index (χ1v) is 9.25. The van der Waals surface area contributed by atoms with E-state index >= 15 is 0 Å². The molecule has 1 fully saturated rings. The molecule has 6 heteroatoms. The highest BCUT2D eigenvalue weighted by Crippen LogP contribution is 2.31. The lowest BCUT2D eigenvalue weighted by Gasteiger charge is -2.18. The van der Waals surface area contributed by atoms with Crippen LogP contribution in [0.2, 0.25) is 0 Å². The third kappa shape index (κ3) is 3.23. The molecule has 26 heavy (non-hydrogen) atoms. The lowest BCUT2D eigenvalue weighted by Crippen LogP contribution is -2.27. The van der Waals surface area contributed by atoms with Crippen molar-refractivity contribution in [2.45, 2.75) is 45.6 Å². The van der Waals surface area contributed by atoms with Gasteiger partial charge in [0.2, 0.25) is 5.91 Å². The molecular formula is C20H24N4O2. The lowest BCUT2D eigenvalue weighted by molar-refractivity contribution is -0.117. The van der Waals surface area contributed by atoms with Crippen LogP contribution in [0.25, 0.3) is 0 Å². The maximum atomic E-state index is 12.8. The normalized spacial score (nSPS) is 15.6. The molecule has 0 atom stereocenters. The first kappa shape index (κ1) is 16.8. The summed E-state index contributed by atoms with van der Waals surface area (Å²) in [5.41, 5.74) is 5.71. The minimum atomic E-state index is -0.0679. The van der Waals surface area contributed by atoms with Crippen molar-refractivity contribution in [1.29, 1.82) is 0 Å². The molecule has 0 spiro atoms. The molecule has 0 unspecified atom stereocenters. The van der Waals surface area contributed by atoms with Crippen molar-refractivity contribution in [2.24, 2.45) is 5.92 Å². The Balaban J connectivity index is 1.48. The van der Waals surface area contributed by atoms with E-state index in [4.69, 9.17) is 0 Å². The van der Waals surface area contributed by atoms with E-state index in [1.165, 1.54) is 11.3 Å². The van der Waals surface area contributed by atoms with Crippen molar-refractivity contribution in [2.75, 3.05) is 12.4 Å². The zero-order valence-corrected chi connectivity index (χ0v) is 15.3. The SMILES string of the molecule is Cc1ccc(C(=O)N(C)Cc2n[nH]c3c2CCC3)cc1NC(=O)C1CC1. The van der Waals surface area contributed by atoms with Gasteiger partial charge in [0.15, 0.2) is 0 Å². The summed E-state index contributed by atoms with van der Waals surface area (Å²) in [6, 6.07) is 5.48. The van der Waals surface area contributed by atoms with Crippen molar-refractivity contribution in [3.05, 3.63) is 46.3 Å². The Morgan fingerprint density at radius 2 is 2.12 bits per heavy atom. The van der Waals surface area contributed by atoms with E-state index in [2.05, 4.69) is 15.5 Å². The predicted octanol–water partition coefficient (Wildman–Crippen LogP) is 2.83. The molecule has 0 bridgehead atoms. The third-order valence-corrected chi connectivity index (χ3v) is 5.32. The smallest absolute Gasteiger partial charge is 0.254 e. The van der Waals surface area contributed by atoms with E-state index in [1.807, 2.05) is 19.1 Å². The highest BCUT2D eigenvalue weighted by atomic mass is 16.2. The molecule has 136 valence electrons. The molecule has 0 aliphatic heterocycles. The lowest BCUT2D eigenvalue weighted by atomic mass is 10.1. The van der Waals surface area contributed by atoms with Gasteiger partial charge in [-0.15, -0.1) is 0 Å². The van der Waals surface area contributed by atoms with Crippen molar-refractivity contribution in [3.8, 4) is 0 Å². The van der Waals surface area contributed by atoms with Crippen LogP contribution in [0.1, 0.15) is 52.1 Å². The summed E-state index contributed by atoms with van der Waals surface area (Å²) in [5, 5.41) is 10.4. The third-order valence-electron chi connectivity index (χ3n) is 5.32. The number of carbonyl (C=O) groups excluding carboxylic acids is 2. The maximum Gasteiger partial charge on any atom is 0.254 e. The molecule has 2 N–H and O–H groups in total. The number of hydrogen-bond acceptors (Lipinski definition) is 3. The molecule has 1 aromatic carbocycles. The van der Waals surface area contributed by atoms with Crippen molar-refractivity contribution in [3.63, 3.8) is 0 Å². The average molecular weight is 352 g/mol. The first-order chi connectivity index (χ1) is 12.5. The zero-order valence-electron chi connectivity index (χ0n) is 15.3. The fourth-order valence-electron chi connectivity index (χ4n) is 3.51. The second-order valence-electron chi connectivity index (χ2n) is 7.44. The molecule has 6 nitrogen and oxygen atoms in total. The molecule has 1 saturated carbocycles. The van der Waals surface area contributed by atoms with Crippen LogP contribution < -0.4 is 5.32 Å². The number of anilines is 1. The van der Waals surface area contributed by atoms with Crippen LogP contribution in [0.5, 0.6) is 0 Å². The molecule has 2 aromatic rings. The van der Waals surface area contributed by atoms with Gasteiger partial charge in [-0.2, -0.15) is 5.10 Å². The Morgan fingerprint density at radius 3 is 2.88 bits per heavy atom. The van der Waals surface area contributed by atoms with Gasteiger partial charge in [-0.3, -0.25) is 14.7 Å². The van der Waals surface area contributed by atoms with Crippen molar-refractivity contribution in [1.82, 2.24) is 15.1 Å². The van der Waals surface area contributed by atoms with E-state index in [-0.39, 0.29) is 17.7 Å². The van der Waals surface area contributed by atoms with Gasteiger partial charge in [0.1, 0.15) is 0 Å². The second-order valence-corrected chi connectivity index (χ2v) is 7.44. The van der Waals surface area contributed by atoms with Gasteiger partial charge < -0.3 is 10.2 Å². The summed E-state index contributed by atoms with van der Waals surface area (Å²) < 4.78 is 0. The first-order valence-electron chi connectivity index (χ1n) is 9.25. The van der Waals surface area contributed by atoms with E-state index in [9.17, 15) is 9.59 Å². The van der Waals surface area contributed by atoms with Gasteiger partial charge in [0.25, 0.3) is 5.91 Å². The molecule has 0 radical (unpaired) electrons. The van der Waals surface area contributed by atoms with Gasteiger partial charge in [0, 0.05) is 29.9 Å². The summed E-state index contributed by atoms with van der Waals surface area (Å²) in [4.78, 5) is 26.6. The van der Waals surface area contributed by atoms with E-state index in [1.54, 1.807) is 18.0 Å². The van der Waals surface area contributed by atoms with Crippen LogP contribution in [0.15, 0.2) is 18.2 Å². The molecule has 1 heterocycles. The Labute approximate surface area is 153 Å². The highest BCUT2D eigenvalue weighted by molar-refractivity contribution is 5.98. The summed E-state index contributed by atoms with van der Waals surface area (Å²) in [6.45, 7) is 2.43. The number of hydrogen-bond donors (Lipinski definition) is 2. The fraction of sp³-hybridized carbons (Fsp3) is 0.450. The number of fused-ring (bicyclic) bond motifs is 1. The Hall–Kier alpha value is -2.63.